The Balaban J connectivity index is 1.37. The van der Waals surface area contributed by atoms with Crippen LogP contribution in [0.5, 0.6) is 0 Å². The number of benzene rings is 1. The number of para-hydroxylation sites is 1. The molecule has 6 nitrogen and oxygen atoms in total. The maximum absolute atomic E-state index is 13.5. The molecule has 2 aliphatic heterocycles. The van der Waals surface area contributed by atoms with Gasteiger partial charge >= 0.3 is 0 Å². The number of carbonyl (C=O) groups excluding carboxylic acids is 2. The minimum Gasteiger partial charge on any atom is -0.362 e. The monoisotopic (exact) mass is 396 g/mol. The number of carbonyl (C=O) groups is 2. The Morgan fingerprint density at radius 3 is 2.66 bits per heavy atom. The van der Waals surface area contributed by atoms with E-state index in [0.29, 0.717) is 11.5 Å². The van der Waals surface area contributed by atoms with Gasteiger partial charge in [-0.25, -0.2) is 0 Å². The predicted molar refractivity (Wildman–Crippen MR) is 113 cm³/mol. The minimum atomic E-state index is -0.421. The summed E-state index contributed by atoms with van der Waals surface area (Å²) >= 11 is 0. The van der Waals surface area contributed by atoms with Gasteiger partial charge in [0.25, 0.3) is 5.91 Å². The van der Waals surface area contributed by atoms with Gasteiger partial charge in [-0.05, 0) is 49.8 Å². The average Bonchev–Trinajstić information content (AvgIpc) is 2.73. The van der Waals surface area contributed by atoms with E-state index in [0.717, 1.165) is 64.1 Å². The van der Waals surface area contributed by atoms with Crippen LogP contribution in [0.3, 0.4) is 0 Å². The lowest BCUT2D eigenvalue weighted by molar-refractivity contribution is -0.152. The molecule has 1 spiro atoms. The van der Waals surface area contributed by atoms with Crippen LogP contribution in [0.4, 0.5) is 5.69 Å². The molecule has 0 aromatic heterocycles. The second-order valence-electron chi connectivity index (χ2n) is 9.71. The van der Waals surface area contributed by atoms with Crippen molar-refractivity contribution >= 4 is 17.5 Å². The van der Waals surface area contributed by atoms with E-state index in [9.17, 15) is 9.59 Å². The first kappa shape index (κ1) is 18.9. The molecule has 2 amide bonds. The predicted octanol–water partition coefficient (Wildman–Crippen LogP) is 2.53. The Kier molecular flexibility index (Phi) is 4.39. The summed E-state index contributed by atoms with van der Waals surface area (Å²) < 4.78 is 0. The first-order chi connectivity index (χ1) is 13.9. The summed E-state index contributed by atoms with van der Waals surface area (Å²) in [6.45, 7) is 9.15. The zero-order chi connectivity index (χ0) is 20.2. The normalized spacial score (nSPS) is 36.5. The number of fused-ring (bicyclic) bond motifs is 3. The van der Waals surface area contributed by atoms with Gasteiger partial charge in [-0.1, -0.05) is 26.0 Å². The summed E-state index contributed by atoms with van der Waals surface area (Å²) in [6, 6.07) is 7.74. The summed E-state index contributed by atoms with van der Waals surface area (Å²) in [4.78, 5) is 30.8. The lowest BCUT2D eigenvalue weighted by atomic mass is 9.51. The highest BCUT2D eigenvalue weighted by Crippen LogP contribution is 2.58. The maximum atomic E-state index is 13.5. The molecule has 5 aliphatic rings. The molecular weight excluding hydrogens is 364 g/mol. The number of hydrogen-bond donors (Lipinski definition) is 2. The molecule has 6 rings (SSSR count). The number of piperazine rings is 1. The number of amides is 2. The van der Waals surface area contributed by atoms with Gasteiger partial charge < -0.3 is 20.4 Å². The fourth-order valence-corrected chi connectivity index (χ4v) is 6.33. The fraction of sp³-hybridized carbons (Fsp3) is 0.652. The Morgan fingerprint density at radius 2 is 1.93 bits per heavy atom. The molecule has 1 aromatic rings. The summed E-state index contributed by atoms with van der Waals surface area (Å²) in [5, 5.41) is 7.00. The Hall–Kier alpha value is -2.08. The number of anilines is 1. The molecule has 1 saturated heterocycles. The highest BCUT2D eigenvalue weighted by atomic mass is 16.2. The third-order valence-corrected chi connectivity index (χ3v) is 8.10. The third kappa shape index (κ3) is 2.95. The topological polar surface area (TPSA) is 64.7 Å². The number of likely N-dealkylation sites (N-methyl/N-ethyl adjacent to an activating group) is 1. The van der Waals surface area contributed by atoms with Crippen LogP contribution in [0, 0.1) is 17.3 Å². The van der Waals surface area contributed by atoms with E-state index in [1.807, 2.05) is 24.3 Å². The number of nitrogens with zero attached hydrogens (tertiary/aromatic N) is 2. The molecule has 0 radical (unpaired) electrons. The molecule has 2 N–H and O–H groups in total. The molecule has 4 fully saturated rings. The second kappa shape index (κ2) is 6.73. The largest absolute Gasteiger partial charge is 0.362 e. The van der Waals surface area contributed by atoms with Crippen molar-refractivity contribution in [3.8, 4) is 0 Å². The van der Waals surface area contributed by atoms with Crippen LogP contribution in [0.2, 0.25) is 0 Å². The molecule has 3 saturated carbocycles. The molecule has 4 atom stereocenters. The molecule has 1 aromatic carbocycles. The van der Waals surface area contributed by atoms with Gasteiger partial charge in [0.05, 0.1) is 5.56 Å². The zero-order valence-corrected chi connectivity index (χ0v) is 17.5. The summed E-state index contributed by atoms with van der Waals surface area (Å²) in [5.74, 6) is 0.697. The highest BCUT2D eigenvalue weighted by molar-refractivity contribution is 6.02. The number of rotatable bonds is 2. The quantitative estimate of drug-likeness (QED) is 0.806. The number of nitrogens with one attached hydrogen (secondary N) is 2. The maximum Gasteiger partial charge on any atom is 0.255 e. The van der Waals surface area contributed by atoms with Crippen molar-refractivity contribution in [2.45, 2.75) is 45.2 Å². The molecule has 3 aliphatic carbocycles. The molecule has 2 bridgehead atoms. The Bertz CT molecular complexity index is 834. The first-order valence-electron chi connectivity index (χ1n) is 11.1. The summed E-state index contributed by atoms with van der Waals surface area (Å²) in [6.07, 6.45) is 3.79. The minimum absolute atomic E-state index is 0.00839. The van der Waals surface area contributed by atoms with Crippen LogP contribution >= 0.6 is 0 Å². The molecular formula is C23H32N4O2. The Morgan fingerprint density at radius 1 is 1.17 bits per heavy atom. The van der Waals surface area contributed by atoms with Gasteiger partial charge in [-0.3, -0.25) is 9.59 Å². The SMILES string of the molecule is CCN1CCN(C(=O)C2CC3CCC2(C)CC32NC(=O)c3ccccc3N2)CC1. The standard InChI is InChI=1S/C23H32N4O2/c1-3-26-10-12-27(13-11-26)21(29)18-14-16-8-9-22(18,2)15-23(16)24-19-7-5-4-6-17(19)20(28)25-23/h4-7,16,18,24H,3,8-15H2,1-2H3,(H,25,28). The van der Waals surface area contributed by atoms with E-state index in [1.54, 1.807) is 0 Å². The van der Waals surface area contributed by atoms with E-state index < -0.39 is 5.66 Å². The molecule has 29 heavy (non-hydrogen) atoms. The van der Waals surface area contributed by atoms with Crippen LogP contribution in [-0.4, -0.2) is 60.0 Å². The van der Waals surface area contributed by atoms with E-state index in [4.69, 9.17) is 0 Å². The van der Waals surface area contributed by atoms with Crippen molar-refractivity contribution < 1.29 is 9.59 Å². The zero-order valence-electron chi connectivity index (χ0n) is 17.5. The number of hydrogen-bond acceptors (Lipinski definition) is 4. The van der Waals surface area contributed by atoms with Crippen LogP contribution in [0.1, 0.15) is 49.9 Å². The lowest BCUT2D eigenvalue weighted by Gasteiger charge is -2.61. The van der Waals surface area contributed by atoms with E-state index >= 15 is 0 Å². The molecule has 4 unspecified atom stereocenters. The van der Waals surface area contributed by atoms with Gasteiger partial charge in [0.15, 0.2) is 0 Å². The van der Waals surface area contributed by atoms with E-state index in [1.165, 1.54) is 0 Å². The smallest absolute Gasteiger partial charge is 0.255 e. The highest BCUT2D eigenvalue weighted by Gasteiger charge is 2.60. The van der Waals surface area contributed by atoms with Gasteiger partial charge in [0.2, 0.25) is 5.91 Å². The van der Waals surface area contributed by atoms with Gasteiger partial charge in [0.1, 0.15) is 5.66 Å². The molecule has 2 heterocycles. The van der Waals surface area contributed by atoms with Crippen LogP contribution < -0.4 is 10.6 Å². The summed E-state index contributed by atoms with van der Waals surface area (Å²) in [7, 11) is 0. The third-order valence-electron chi connectivity index (χ3n) is 8.10. The van der Waals surface area contributed by atoms with Crippen LogP contribution in [0.25, 0.3) is 0 Å². The lowest BCUT2D eigenvalue weighted by Crippen LogP contribution is -2.70. The van der Waals surface area contributed by atoms with Gasteiger partial charge in [0, 0.05) is 43.7 Å². The van der Waals surface area contributed by atoms with Crippen molar-refractivity contribution in [3.05, 3.63) is 29.8 Å². The van der Waals surface area contributed by atoms with Crippen molar-refractivity contribution in [3.63, 3.8) is 0 Å². The average molecular weight is 397 g/mol. The van der Waals surface area contributed by atoms with Crippen molar-refractivity contribution in [2.75, 3.05) is 38.0 Å². The molecule has 156 valence electrons. The Labute approximate surface area is 173 Å². The van der Waals surface area contributed by atoms with Crippen LogP contribution in [0.15, 0.2) is 24.3 Å². The van der Waals surface area contributed by atoms with E-state index in [-0.39, 0.29) is 23.2 Å². The molecule has 6 heteroatoms. The summed E-state index contributed by atoms with van der Waals surface area (Å²) in [5.41, 5.74) is 1.13. The first-order valence-corrected chi connectivity index (χ1v) is 11.1. The van der Waals surface area contributed by atoms with Crippen molar-refractivity contribution in [2.24, 2.45) is 17.3 Å². The van der Waals surface area contributed by atoms with Gasteiger partial charge in [-0.2, -0.15) is 0 Å². The van der Waals surface area contributed by atoms with Crippen molar-refractivity contribution in [1.29, 1.82) is 0 Å². The van der Waals surface area contributed by atoms with Crippen LogP contribution in [-0.2, 0) is 4.79 Å². The second-order valence-corrected chi connectivity index (χ2v) is 9.71. The van der Waals surface area contributed by atoms with E-state index in [2.05, 4.69) is 34.3 Å². The van der Waals surface area contributed by atoms with Gasteiger partial charge in [-0.15, -0.1) is 0 Å². The van der Waals surface area contributed by atoms with Crippen molar-refractivity contribution in [1.82, 2.24) is 15.1 Å². The fourth-order valence-electron chi connectivity index (χ4n) is 6.33.